The molecule has 0 aromatic heterocycles. The molecule has 1 N–H and O–H groups in total. The summed E-state index contributed by atoms with van der Waals surface area (Å²) in [6, 6.07) is 5.43. The molecular weight excluding hydrogens is 193 g/mol. The fraction of sp³-hybridized carbons (Fsp3) is 0.111. The van der Waals surface area contributed by atoms with Gasteiger partial charge >= 0.3 is 0 Å². The van der Waals surface area contributed by atoms with E-state index in [2.05, 4.69) is 11.9 Å². The van der Waals surface area contributed by atoms with Gasteiger partial charge in [-0.05, 0) is 23.9 Å². The molecule has 1 aromatic rings. The van der Waals surface area contributed by atoms with E-state index >= 15 is 0 Å². The summed E-state index contributed by atoms with van der Waals surface area (Å²) in [5.74, 6) is 0. The molecule has 0 aliphatic rings. The van der Waals surface area contributed by atoms with Crippen LogP contribution in [0, 0.1) is 0 Å². The Kier molecular flexibility index (Phi) is 3.45. The zero-order chi connectivity index (χ0) is 8.97. The number of benzene rings is 1. The molecule has 0 heterocycles. The monoisotopic (exact) mass is 201 g/mol. The van der Waals surface area contributed by atoms with E-state index in [0.29, 0.717) is 16.6 Å². The Hall–Kier alpha value is -0.660. The van der Waals surface area contributed by atoms with E-state index in [1.165, 1.54) is 0 Å². The van der Waals surface area contributed by atoms with Crippen molar-refractivity contribution in [2.24, 2.45) is 0 Å². The first-order valence-electron chi connectivity index (χ1n) is 3.52. The molecule has 64 valence electrons. The summed E-state index contributed by atoms with van der Waals surface area (Å²) in [6.45, 7) is 4.22. The molecule has 0 spiro atoms. The van der Waals surface area contributed by atoms with Crippen LogP contribution in [-0.4, -0.2) is 0 Å². The summed E-state index contributed by atoms with van der Waals surface area (Å²) >= 11 is 11.6. The summed E-state index contributed by atoms with van der Waals surface area (Å²) in [4.78, 5) is 0. The molecule has 0 unspecified atom stereocenters. The maximum atomic E-state index is 5.91. The highest BCUT2D eigenvalue weighted by atomic mass is 35.5. The molecule has 0 aliphatic heterocycles. The average Bonchev–Trinajstić information content (AvgIpc) is 2.03. The number of nitrogens with one attached hydrogen (secondary N) is 1. The standard InChI is InChI=1S/C9H9Cl2N/c1-2-12-6-7-3-4-8(10)5-9(7)11/h2-5,12H,1,6H2. The lowest BCUT2D eigenvalue weighted by atomic mass is 10.2. The highest BCUT2D eigenvalue weighted by Gasteiger charge is 1.98. The van der Waals surface area contributed by atoms with Crippen LogP contribution >= 0.6 is 23.2 Å². The van der Waals surface area contributed by atoms with Gasteiger partial charge in [0.05, 0.1) is 0 Å². The molecule has 0 saturated carbocycles. The maximum Gasteiger partial charge on any atom is 0.0470 e. The minimum atomic E-state index is 0.655. The molecule has 3 heteroatoms. The molecule has 0 amide bonds. The largest absolute Gasteiger partial charge is 0.387 e. The van der Waals surface area contributed by atoms with Gasteiger partial charge in [-0.1, -0.05) is 35.8 Å². The van der Waals surface area contributed by atoms with Crippen molar-refractivity contribution in [3.05, 3.63) is 46.6 Å². The lowest BCUT2D eigenvalue weighted by Gasteiger charge is -2.03. The molecule has 0 aliphatic carbocycles. The van der Waals surface area contributed by atoms with E-state index in [4.69, 9.17) is 23.2 Å². The van der Waals surface area contributed by atoms with E-state index < -0.39 is 0 Å². The minimum absolute atomic E-state index is 0.655. The van der Waals surface area contributed by atoms with Gasteiger partial charge in [-0.3, -0.25) is 0 Å². The molecule has 0 atom stereocenters. The van der Waals surface area contributed by atoms with E-state index in [1.54, 1.807) is 12.3 Å². The van der Waals surface area contributed by atoms with Crippen molar-refractivity contribution in [3.8, 4) is 0 Å². The summed E-state index contributed by atoms with van der Waals surface area (Å²) in [6.07, 6.45) is 1.63. The van der Waals surface area contributed by atoms with Gasteiger partial charge in [-0.25, -0.2) is 0 Å². The predicted octanol–water partition coefficient (Wildman–Crippen LogP) is 3.23. The second-order valence-electron chi connectivity index (χ2n) is 2.32. The zero-order valence-corrected chi connectivity index (χ0v) is 7.99. The van der Waals surface area contributed by atoms with Crippen LogP contribution < -0.4 is 5.32 Å². The van der Waals surface area contributed by atoms with Gasteiger partial charge in [0.1, 0.15) is 0 Å². The van der Waals surface area contributed by atoms with Crippen LogP contribution in [0.15, 0.2) is 31.0 Å². The maximum absolute atomic E-state index is 5.91. The van der Waals surface area contributed by atoms with Gasteiger partial charge in [0, 0.05) is 16.6 Å². The Morgan fingerprint density at radius 3 is 2.75 bits per heavy atom. The summed E-state index contributed by atoms with van der Waals surface area (Å²) in [7, 11) is 0. The van der Waals surface area contributed by atoms with E-state index in [-0.39, 0.29) is 0 Å². The van der Waals surface area contributed by atoms with Crippen molar-refractivity contribution in [2.75, 3.05) is 0 Å². The van der Waals surface area contributed by atoms with Crippen LogP contribution in [0.4, 0.5) is 0 Å². The van der Waals surface area contributed by atoms with Crippen molar-refractivity contribution in [3.63, 3.8) is 0 Å². The van der Waals surface area contributed by atoms with E-state index in [0.717, 1.165) is 5.56 Å². The lowest BCUT2D eigenvalue weighted by Crippen LogP contribution is -2.03. The third-order valence-electron chi connectivity index (χ3n) is 1.45. The van der Waals surface area contributed by atoms with Crippen LogP contribution in [0.3, 0.4) is 0 Å². The van der Waals surface area contributed by atoms with Crippen LogP contribution in [0.2, 0.25) is 10.0 Å². The SMILES string of the molecule is C=CNCc1ccc(Cl)cc1Cl. The van der Waals surface area contributed by atoms with Gasteiger partial charge in [0.15, 0.2) is 0 Å². The number of rotatable bonds is 3. The van der Waals surface area contributed by atoms with Gasteiger partial charge in [-0.15, -0.1) is 0 Å². The Morgan fingerprint density at radius 2 is 2.17 bits per heavy atom. The molecule has 1 aromatic carbocycles. The highest BCUT2D eigenvalue weighted by molar-refractivity contribution is 6.35. The normalized spacial score (nSPS) is 9.50. The third kappa shape index (κ3) is 2.43. The Bertz CT molecular complexity index is 284. The quantitative estimate of drug-likeness (QED) is 0.793. The summed E-state index contributed by atoms with van der Waals surface area (Å²) in [5.41, 5.74) is 1.01. The van der Waals surface area contributed by atoms with Gasteiger partial charge in [-0.2, -0.15) is 0 Å². The molecule has 1 rings (SSSR count). The molecule has 0 bridgehead atoms. The summed E-state index contributed by atoms with van der Waals surface area (Å²) in [5, 5.41) is 4.29. The number of halogens is 2. The van der Waals surface area contributed by atoms with Crippen LogP contribution in [0.1, 0.15) is 5.56 Å². The number of hydrogen-bond donors (Lipinski definition) is 1. The highest BCUT2D eigenvalue weighted by Crippen LogP contribution is 2.20. The fourth-order valence-electron chi connectivity index (χ4n) is 0.847. The molecule has 1 nitrogen and oxygen atoms in total. The molecule has 0 saturated heterocycles. The van der Waals surface area contributed by atoms with Gasteiger partial charge in [0.2, 0.25) is 0 Å². The van der Waals surface area contributed by atoms with Crippen molar-refractivity contribution < 1.29 is 0 Å². The second-order valence-corrected chi connectivity index (χ2v) is 3.16. The average molecular weight is 202 g/mol. The zero-order valence-electron chi connectivity index (χ0n) is 6.48. The first-order valence-corrected chi connectivity index (χ1v) is 4.28. The van der Waals surface area contributed by atoms with Crippen LogP contribution in [-0.2, 0) is 6.54 Å². The van der Waals surface area contributed by atoms with Crippen LogP contribution in [0.5, 0.6) is 0 Å². The summed E-state index contributed by atoms with van der Waals surface area (Å²) < 4.78 is 0. The number of hydrogen-bond acceptors (Lipinski definition) is 1. The van der Waals surface area contributed by atoms with Crippen molar-refractivity contribution >= 4 is 23.2 Å². The Morgan fingerprint density at radius 1 is 1.42 bits per heavy atom. The third-order valence-corrected chi connectivity index (χ3v) is 2.04. The van der Waals surface area contributed by atoms with Gasteiger partial charge in [0.25, 0.3) is 0 Å². The minimum Gasteiger partial charge on any atom is -0.387 e. The van der Waals surface area contributed by atoms with Crippen molar-refractivity contribution in [2.45, 2.75) is 6.54 Å². The molecule has 0 radical (unpaired) electrons. The first kappa shape index (κ1) is 9.43. The van der Waals surface area contributed by atoms with Gasteiger partial charge < -0.3 is 5.32 Å². The van der Waals surface area contributed by atoms with E-state index in [9.17, 15) is 0 Å². The molecule has 12 heavy (non-hydrogen) atoms. The van der Waals surface area contributed by atoms with Crippen LogP contribution in [0.25, 0.3) is 0 Å². The fourth-order valence-corrected chi connectivity index (χ4v) is 1.32. The predicted molar refractivity (Wildman–Crippen MR) is 53.5 cm³/mol. The first-order chi connectivity index (χ1) is 5.74. The Balaban J connectivity index is 2.78. The van der Waals surface area contributed by atoms with Crippen molar-refractivity contribution in [1.82, 2.24) is 5.32 Å². The molecular formula is C9H9Cl2N. The molecule has 0 fully saturated rings. The lowest BCUT2D eigenvalue weighted by molar-refractivity contribution is 0.873. The van der Waals surface area contributed by atoms with Crippen molar-refractivity contribution in [1.29, 1.82) is 0 Å². The van der Waals surface area contributed by atoms with E-state index in [1.807, 2.05) is 12.1 Å². The smallest absolute Gasteiger partial charge is 0.0470 e. The topological polar surface area (TPSA) is 12.0 Å². The Labute approximate surface area is 82.0 Å². The second kappa shape index (κ2) is 4.39.